The quantitative estimate of drug-likeness (QED) is 0.404. The van der Waals surface area contributed by atoms with Gasteiger partial charge in [-0.15, -0.1) is 0 Å². The number of morpholine rings is 1. The summed E-state index contributed by atoms with van der Waals surface area (Å²) in [5.74, 6) is -3.01. The van der Waals surface area contributed by atoms with Gasteiger partial charge in [-0.2, -0.15) is 8.78 Å². The van der Waals surface area contributed by atoms with Gasteiger partial charge in [-0.25, -0.2) is 14.4 Å². The molecule has 36 heavy (non-hydrogen) atoms. The Morgan fingerprint density at radius 2 is 2.08 bits per heavy atom. The van der Waals surface area contributed by atoms with Gasteiger partial charge in [0, 0.05) is 30.1 Å². The van der Waals surface area contributed by atoms with Crippen molar-refractivity contribution >= 4 is 16.7 Å². The van der Waals surface area contributed by atoms with E-state index in [1.54, 1.807) is 26.0 Å². The highest BCUT2D eigenvalue weighted by Crippen LogP contribution is 2.37. The van der Waals surface area contributed by atoms with Crippen LogP contribution in [0.5, 0.6) is 11.5 Å². The summed E-state index contributed by atoms with van der Waals surface area (Å²) in [6.45, 7) is 4.22. The van der Waals surface area contributed by atoms with Crippen LogP contribution in [0, 0.1) is 12.7 Å². The molecule has 1 aliphatic heterocycles. The predicted octanol–water partition coefficient (Wildman–Crippen LogP) is 3.71. The highest BCUT2D eigenvalue weighted by Gasteiger charge is 2.35. The third-order valence-electron chi connectivity index (χ3n) is 5.96. The average molecular weight is 507 g/mol. The lowest BCUT2D eigenvalue weighted by Gasteiger charge is -2.24. The third kappa shape index (κ3) is 5.48. The van der Waals surface area contributed by atoms with Crippen molar-refractivity contribution in [2.75, 3.05) is 45.3 Å². The zero-order valence-corrected chi connectivity index (χ0v) is 20.3. The van der Waals surface area contributed by atoms with E-state index in [1.807, 2.05) is 0 Å². The first-order valence-corrected chi connectivity index (χ1v) is 11.6. The van der Waals surface area contributed by atoms with E-state index in [0.29, 0.717) is 53.8 Å². The van der Waals surface area contributed by atoms with Gasteiger partial charge in [-0.05, 0) is 26.0 Å². The molecule has 2 atom stereocenters. The van der Waals surface area contributed by atoms with Crippen molar-refractivity contribution in [3.63, 3.8) is 0 Å². The van der Waals surface area contributed by atoms with Crippen LogP contribution in [0.1, 0.15) is 29.9 Å². The minimum atomic E-state index is -3.70. The Kier molecular flexibility index (Phi) is 7.82. The van der Waals surface area contributed by atoms with E-state index < -0.39 is 30.0 Å². The molecule has 1 fully saturated rings. The van der Waals surface area contributed by atoms with Gasteiger partial charge in [-0.3, -0.25) is 0 Å². The fourth-order valence-corrected chi connectivity index (χ4v) is 4.08. The number of ether oxygens (including phenoxy) is 3. The van der Waals surface area contributed by atoms with Gasteiger partial charge in [-0.1, -0.05) is 12.1 Å². The summed E-state index contributed by atoms with van der Waals surface area (Å²) in [4.78, 5) is 8.94. The second-order valence-corrected chi connectivity index (χ2v) is 8.58. The van der Waals surface area contributed by atoms with Gasteiger partial charge in [0.2, 0.25) is 0 Å². The number of fused-ring (bicyclic) bond motifs is 1. The molecule has 4 rings (SSSR count). The number of anilines is 1. The molecular weight excluding hydrogens is 477 g/mol. The SMILES string of the molecule is COc1cc2nc(C)nc(N[C@H](C)c3cccc(C(F)(F)CO)c3F)c2cc1OC[C@H]1CNCCO1. The summed E-state index contributed by atoms with van der Waals surface area (Å²) in [5, 5.41) is 16.0. The number of aliphatic hydroxyl groups excluding tert-OH is 1. The second-order valence-electron chi connectivity index (χ2n) is 8.58. The fourth-order valence-electron chi connectivity index (χ4n) is 4.08. The Labute approximate surface area is 206 Å². The average Bonchev–Trinajstić information content (AvgIpc) is 2.87. The first-order valence-electron chi connectivity index (χ1n) is 11.6. The molecule has 0 spiro atoms. The maximum atomic E-state index is 15.0. The topological polar surface area (TPSA) is 97.8 Å². The van der Waals surface area contributed by atoms with Crippen molar-refractivity contribution < 1.29 is 32.5 Å². The molecule has 0 radical (unpaired) electrons. The molecule has 0 unspecified atom stereocenters. The summed E-state index contributed by atoms with van der Waals surface area (Å²) in [6, 6.07) is 6.43. The molecule has 2 heterocycles. The normalized spacial score (nSPS) is 17.1. The molecule has 0 bridgehead atoms. The van der Waals surface area contributed by atoms with E-state index in [0.717, 1.165) is 12.6 Å². The number of nitrogens with one attached hydrogen (secondary N) is 2. The molecule has 0 aliphatic carbocycles. The molecule has 3 N–H and O–H groups in total. The number of halogens is 3. The number of aliphatic hydroxyl groups is 1. The van der Waals surface area contributed by atoms with E-state index >= 15 is 4.39 Å². The van der Waals surface area contributed by atoms with E-state index in [2.05, 4.69) is 20.6 Å². The van der Waals surface area contributed by atoms with Gasteiger partial charge in [0.25, 0.3) is 5.92 Å². The maximum Gasteiger partial charge on any atom is 0.298 e. The van der Waals surface area contributed by atoms with Crippen LogP contribution in [-0.4, -0.2) is 61.2 Å². The van der Waals surface area contributed by atoms with Crippen molar-refractivity contribution in [1.29, 1.82) is 0 Å². The van der Waals surface area contributed by atoms with Crippen molar-refractivity contribution in [1.82, 2.24) is 15.3 Å². The summed E-state index contributed by atoms with van der Waals surface area (Å²) in [6.07, 6.45) is -0.113. The van der Waals surface area contributed by atoms with E-state index in [-0.39, 0.29) is 11.7 Å². The first kappa shape index (κ1) is 25.9. The zero-order valence-electron chi connectivity index (χ0n) is 20.3. The summed E-state index contributed by atoms with van der Waals surface area (Å²) < 4.78 is 60.3. The number of nitrogens with zero attached hydrogens (tertiary/aromatic N) is 2. The van der Waals surface area contributed by atoms with Crippen LogP contribution in [0.2, 0.25) is 0 Å². The fraction of sp³-hybridized carbons (Fsp3) is 0.440. The molecule has 3 aromatic rings. The number of aryl methyl sites for hydroxylation is 1. The van der Waals surface area contributed by atoms with E-state index in [1.165, 1.54) is 19.2 Å². The Bertz CT molecular complexity index is 1220. The van der Waals surface area contributed by atoms with Crippen molar-refractivity contribution in [2.24, 2.45) is 0 Å². The van der Waals surface area contributed by atoms with Crippen molar-refractivity contribution in [3.05, 3.63) is 53.1 Å². The highest BCUT2D eigenvalue weighted by atomic mass is 19.3. The standard InChI is InChI=1S/C25H29F3N4O4/c1-14(17-5-4-6-19(23(17)26)25(27,28)13-33)30-24-18-9-22(36-12-16-11-29-7-8-35-16)21(34-3)10-20(18)31-15(2)32-24/h4-6,9-10,14,16,29,33H,7-8,11-13H2,1-3H3,(H,30,31,32)/t14-,16-/m1/s1. The van der Waals surface area contributed by atoms with E-state index in [4.69, 9.17) is 19.3 Å². The third-order valence-corrected chi connectivity index (χ3v) is 5.96. The van der Waals surface area contributed by atoms with Crippen LogP contribution in [0.4, 0.5) is 19.0 Å². The molecule has 1 aliphatic rings. The molecule has 1 saturated heterocycles. The van der Waals surface area contributed by atoms with Crippen LogP contribution >= 0.6 is 0 Å². The van der Waals surface area contributed by atoms with Gasteiger partial charge < -0.3 is 30.0 Å². The molecule has 0 saturated carbocycles. The number of methoxy groups -OCH3 is 1. The monoisotopic (exact) mass is 506 g/mol. The lowest BCUT2D eigenvalue weighted by molar-refractivity contribution is -0.0583. The number of aromatic nitrogens is 2. The molecule has 0 amide bonds. The predicted molar refractivity (Wildman–Crippen MR) is 128 cm³/mol. The van der Waals surface area contributed by atoms with Crippen LogP contribution in [0.25, 0.3) is 10.9 Å². The van der Waals surface area contributed by atoms with Crippen LogP contribution < -0.4 is 20.1 Å². The van der Waals surface area contributed by atoms with Crippen molar-refractivity contribution in [3.8, 4) is 11.5 Å². The Morgan fingerprint density at radius 3 is 2.78 bits per heavy atom. The van der Waals surface area contributed by atoms with Crippen LogP contribution in [0.15, 0.2) is 30.3 Å². The number of rotatable bonds is 9. The minimum Gasteiger partial charge on any atom is -0.493 e. The maximum absolute atomic E-state index is 15.0. The lowest BCUT2D eigenvalue weighted by atomic mass is 10.00. The minimum absolute atomic E-state index is 0.0111. The molecular formula is C25H29F3N4O4. The number of hydrogen-bond acceptors (Lipinski definition) is 8. The van der Waals surface area contributed by atoms with Crippen LogP contribution in [0.3, 0.4) is 0 Å². The highest BCUT2D eigenvalue weighted by molar-refractivity contribution is 5.92. The first-order chi connectivity index (χ1) is 17.2. The number of benzene rings is 2. The Hall–Kier alpha value is -3.15. The lowest BCUT2D eigenvalue weighted by Crippen LogP contribution is -2.41. The smallest absolute Gasteiger partial charge is 0.298 e. The van der Waals surface area contributed by atoms with Crippen molar-refractivity contribution in [2.45, 2.75) is 31.9 Å². The van der Waals surface area contributed by atoms with Gasteiger partial charge in [0.15, 0.2) is 11.5 Å². The van der Waals surface area contributed by atoms with Gasteiger partial charge in [0.1, 0.15) is 36.8 Å². The summed E-state index contributed by atoms with van der Waals surface area (Å²) >= 11 is 0. The Morgan fingerprint density at radius 1 is 1.28 bits per heavy atom. The molecule has 11 heteroatoms. The summed E-state index contributed by atoms with van der Waals surface area (Å²) in [5.41, 5.74) is -0.283. The molecule has 2 aromatic carbocycles. The molecule has 1 aromatic heterocycles. The molecule has 8 nitrogen and oxygen atoms in total. The van der Waals surface area contributed by atoms with Gasteiger partial charge in [0.05, 0.1) is 30.8 Å². The second kappa shape index (κ2) is 10.9. The van der Waals surface area contributed by atoms with Crippen LogP contribution in [-0.2, 0) is 10.7 Å². The zero-order chi connectivity index (χ0) is 25.9. The Balaban J connectivity index is 1.66. The van der Waals surface area contributed by atoms with Gasteiger partial charge >= 0.3 is 0 Å². The van der Waals surface area contributed by atoms with E-state index in [9.17, 15) is 8.78 Å². The molecule has 194 valence electrons. The number of hydrogen-bond donors (Lipinski definition) is 3. The summed E-state index contributed by atoms with van der Waals surface area (Å²) in [7, 11) is 1.53. The number of alkyl halides is 2. The largest absolute Gasteiger partial charge is 0.493 e.